The summed E-state index contributed by atoms with van der Waals surface area (Å²) in [4.78, 5) is 27.0. The van der Waals surface area contributed by atoms with Crippen LogP contribution in [0.2, 0.25) is 0 Å². The van der Waals surface area contributed by atoms with E-state index in [4.69, 9.17) is 24.7 Å². The smallest absolute Gasteiger partial charge is 0.274 e. The van der Waals surface area contributed by atoms with Crippen LogP contribution in [0.4, 0.5) is 0 Å². The average molecular weight is 530 g/mol. The summed E-state index contributed by atoms with van der Waals surface area (Å²) in [6, 6.07) is 5.81. The van der Waals surface area contributed by atoms with Gasteiger partial charge in [-0.15, -0.1) is 0 Å². The minimum absolute atomic E-state index is 0.0604. The molecule has 0 aliphatic heterocycles. The number of carbonyl (C=O) groups is 1. The molecule has 2 heterocycles. The molecule has 0 saturated carbocycles. The highest BCUT2D eigenvalue weighted by molar-refractivity contribution is 5.95. The lowest BCUT2D eigenvalue weighted by atomic mass is 10.00. The Kier molecular flexibility index (Phi) is 10.7. The van der Waals surface area contributed by atoms with E-state index in [1.54, 1.807) is 25.8 Å². The SMILES string of the molecule is COc1cc(-c2cn(C)c(=O)c3c2ccn3C)cc(OC)c1CN(C)CC(=O)NCCOCCOCCN. The summed E-state index contributed by atoms with van der Waals surface area (Å²) in [5, 5.41) is 3.71. The van der Waals surface area contributed by atoms with Crippen LogP contribution in [0, 0.1) is 0 Å². The van der Waals surface area contributed by atoms with E-state index >= 15 is 0 Å². The summed E-state index contributed by atoms with van der Waals surface area (Å²) >= 11 is 0. The maximum atomic E-state index is 12.7. The Bertz CT molecular complexity index is 1260. The standard InChI is InChI=1S/C27H39N5O6/c1-30(18-25(33)29-8-11-38-13-12-37-10-7-28)16-22-23(35-4)14-19(15-24(22)36-5)21-17-32(3)27(34)26-20(21)6-9-31(26)2/h6,9,14-15,17H,7-8,10-13,16,18,28H2,1-5H3,(H,29,33). The first-order valence-electron chi connectivity index (χ1n) is 12.5. The maximum absolute atomic E-state index is 12.7. The number of rotatable bonds is 15. The normalized spacial score (nSPS) is 11.3. The largest absolute Gasteiger partial charge is 0.496 e. The second-order valence-corrected chi connectivity index (χ2v) is 9.04. The molecule has 0 saturated heterocycles. The van der Waals surface area contributed by atoms with Gasteiger partial charge in [-0.2, -0.15) is 0 Å². The molecule has 2 aromatic heterocycles. The third kappa shape index (κ3) is 7.13. The van der Waals surface area contributed by atoms with Crippen molar-refractivity contribution in [2.45, 2.75) is 6.54 Å². The molecule has 1 amide bonds. The van der Waals surface area contributed by atoms with Crippen molar-refractivity contribution in [1.29, 1.82) is 0 Å². The minimum atomic E-state index is -0.110. The number of nitrogens with one attached hydrogen (secondary N) is 1. The van der Waals surface area contributed by atoms with E-state index in [1.807, 2.05) is 54.2 Å². The number of benzene rings is 1. The van der Waals surface area contributed by atoms with Crippen molar-refractivity contribution in [2.24, 2.45) is 19.8 Å². The van der Waals surface area contributed by atoms with Crippen molar-refractivity contribution >= 4 is 16.8 Å². The molecule has 11 heteroatoms. The van der Waals surface area contributed by atoms with Crippen molar-refractivity contribution < 1.29 is 23.7 Å². The van der Waals surface area contributed by atoms with Crippen LogP contribution in [0.1, 0.15) is 5.56 Å². The lowest BCUT2D eigenvalue weighted by Gasteiger charge is -2.21. The van der Waals surface area contributed by atoms with E-state index in [0.717, 1.165) is 22.1 Å². The lowest BCUT2D eigenvalue weighted by Crippen LogP contribution is -2.36. The Balaban J connectivity index is 1.69. The first kappa shape index (κ1) is 29.2. The van der Waals surface area contributed by atoms with Crippen molar-refractivity contribution in [3.05, 3.63) is 46.5 Å². The Labute approximate surface area is 223 Å². The molecule has 0 spiro atoms. The summed E-state index contributed by atoms with van der Waals surface area (Å²) in [5.41, 5.74) is 8.51. The van der Waals surface area contributed by atoms with Gasteiger partial charge >= 0.3 is 0 Å². The molecule has 0 aliphatic rings. The van der Waals surface area contributed by atoms with Crippen LogP contribution in [-0.2, 0) is 34.9 Å². The van der Waals surface area contributed by atoms with Gasteiger partial charge in [0.2, 0.25) is 5.91 Å². The van der Waals surface area contributed by atoms with Crippen molar-refractivity contribution in [1.82, 2.24) is 19.4 Å². The number of likely N-dealkylation sites (N-methyl/N-ethyl adjacent to an activating group) is 1. The van der Waals surface area contributed by atoms with Gasteiger partial charge in [-0.25, -0.2) is 0 Å². The molecule has 3 N–H and O–H groups in total. The van der Waals surface area contributed by atoms with E-state index < -0.39 is 0 Å². The second-order valence-electron chi connectivity index (χ2n) is 9.04. The van der Waals surface area contributed by atoms with Gasteiger partial charge < -0.3 is 39.1 Å². The topological polar surface area (TPSA) is 122 Å². The number of methoxy groups -OCH3 is 2. The first-order valence-corrected chi connectivity index (χ1v) is 12.5. The van der Waals surface area contributed by atoms with Crippen LogP contribution in [0.25, 0.3) is 22.0 Å². The lowest BCUT2D eigenvalue weighted by molar-refractivity contribution is -0.122. The predicted octanol–water partition coefficient (Wildman–Crippen LogP) is 1.10. The summed E-state index contributed by atoms with van der Waals surface area (Å²) in [6.07, 6.45) is 3.70. The van der Waals surface area contributed by atoms with Crippen LogP contribution in [0.3, 0.4) is 0 Å². The second kappa shape index (κ2) is 14.0. The van der Waals surface area contributed by atoms with Gasteiger partial charge in [-0.3, -0.25) is 14.5 Å². The minimum Gasteiger partial charge on any atom is -0.496 e. The Morgan fingerprint density at radius 1 is 1.03 bits per heavy atom. The number of ether oxygens (including phenoxy) is 4. The number of fused-ring (bicyclic) bond motifs is 1. The Morgan fingerprint density at radius 2 is 1.68 bits per heavy atom. The zero-order valence-electron chi connectivity index (χ0n) is 22.9. The van der Waals surface area contributed by atoms with Crippen LogP contribution >= 0.6 is 0 Å². The van der Waals surface area contributed by atoms with Crippen LogP contribution in [-0.4, -0.2) is 87.3 Å². The molecule has 0 atom stereocenters. The van der Waals surface area contributed by atoms with E-state index in [9.17, 15) is 9.59 Å². The zero-order chi connectivity index (χ0) is 27.7. The van der Waals surface area contributed by atoms with Gasteiger partial charge in [0.05, 0.1) is 52.8 Å². The summed E-state index contributed by atoms with van der Waals surface area (Å²) in [7, 11) is 8.67. The van der Waals surface area contributed by atoms with E-state index in [2.05, 4.69) is 5.32 Å². The molecule has 1 aromatic carbocycles. The molecular formula is C27H39N5O6. The van der Waals surface area contributed by atoms with Crippen LogP contribution < -0.4 is 26.1 Å². The molecular weight excluding hydrogens is 490 g/mol. The maximum Gasteiger partial charge on any atom is 0.274 e. The molecule has 0 fully saturated rings. The molecule has 208 valence electrons. The molecule has 3 aromatic rings. The number of amides is 1. The average Bonchev–Trinajstić information content (AvgIpc) is 3.29. The van der Waals surface area contributed by atoms with Gasteiger partial charge in [0.25, 0.3) is 5.56 Å². The Morgan fingerprint density at radius 3 is 2.32 bits per heavy atom. The highest BCUT2D eigenvalue weighted by atomic mass is 16.5. The highest BCUT2D eigenvalue weighted by Gasteiger charge is 2.19. The molecule has 3 rings (SSSR count). The van der Waals surface area contributed by atoms with Gasteiger partial charge in [0, 0.05) is 57.1 Å². The van der Waals surface area contributed by atoms with Gasteiger partial charge in [0.15, 0.2) is 0 Å². The number of aromatic nitrogens is 2. The van der Waals surface area contributed by atoms with Crippen LogP contribution in [0.15, 0.2) is 35.4 Å². The van der Waals surface area contributed by atoms with Crippen molar-refractivity contribution in [3.8, 4) is 22.6 Å². The molecule has 0 aliphatic carbocycles. The molecule has 0 unspecified atom stereocenters. The number of hydrogen-bond acceptors (Lipinski definition) is 8. The van der Waals surface area contributed by atoms with Crippen LogP contribution in [0.5, 0.6) is 11.5 Å². The highest BCUT2D eigenvalue weighted by Crippen LogP contribution is 2.37. The summed E-state index contributed by atoms with van der Waals surface area (Å²) < 4.78 is 25.6. The number of nitrogens with zero attached hydrogens (tertiary/aromatic N) is 3. The number of nitrogens with two attached hydrogens (primary N) is 1. The summed E-state index contributed by atoms with van der Waals surface area (Å²) in [5.74, 6) is 1.16. The predicted molar refractivity (Wildman–Crippen MR) is 147 cm³/mol. The fraction of sp³-hybridized carbons (Fsp3) is 0.481. The first-order chi connectivity index (χ1) is 18.3. The third-order valence-corrected chi connectivity index (χ3v) is 6.17. The third-order valence-electron chi connectivity index (χ3n) is 6.17. The van der Waals surface area contributed by atoms with Gasteiger partial charge in [0.1, 0.15) is 17.0 Å². The molecule has 38 heavy (non-hydrogen) atoms. The number of hydrogen-bond donors (Lipinski definition) is 2. The van der Waals surface area contributed by atoms with Crippen molar-refractivity contribution in [2.75, 3.05) is 67.3 Å². The molecule has 0 bridgehead atoms. The van der Waals surface area contributed by atoms with E-state index in [1.165, 1.54) is 0 Å². The van der Waals surface area contributed by atoms with Gasteiger partial charge in [-0.1, -0.05) is 0 Å². The quantitative estimate of drug-likeness (QED) is 0.281. The van der Waals surface area contributed by atoms with Crippen molar-refractivity contribution in [3.63, 3.8) is 0 Å². The monoisotopic (exact) mass is 529 g/mol. The number of carbonyl (C=O) groups excluding carboxylic acids is 1. The van der Waals surface area contributed by atoms with E-state index in [0.29, 0.717) is 63.1 Å². The Hall–Kier alpha value is -3.38. The summed E-state index contributed by atoms with van der Waals surface area (Å²) in [6.45, 7) is 3.38. The molecule has 0 radical (unpaired) electrons. The fourth-order valence-corrected chi connectivity index (χ4v) is 4.32. The van der Waals surface area contributed by atoms with Gasteiger partial charge in [-0.05, 0) is 30.8 Å². The number of aryl methyl sites for hydroxylation is 2. The molecule has 11 nitrogen and oxygen atoms in total. The fourth-order valence-electron chi connectivity index (χ4n) is 4.32. The zero-order valence-corrected chi connectivity index (χ0v) is 22.9. The van der Waals surface area contributed by atoms with E-state index in [-0.39, 0.29) is 18.0 Å². The number of pyridine rings is 1.